The minimum atomic E-state index is -3.58. The fourth-order valence-corrected chi connectivity index (χ4v) is 6.80. The highest BCUT2D eigenvalue weighted by atomic mass is 32.2. The smallest absolute Gasteiger partial charge is 0.243 e. The van der Waals surface area contributed by atoms with Crippen LogP contribution in [0.1, 0.15) is 56.9 Å². The maximum atomic E-state index is 13.2. The van der Waals surface area contributed by atoms with Gasteiger partial charge in [-0.05, 0) is 68.7 Å². The molecule has 0 spiro atoms. The zero-order valence-electron chi connectivity index (χ0n) is 16.8. The summed E-state index contributed by atoms with van der Waals surface area (Å²) in [6, 6.07) is 8.44. The molecule has 0 N–H and O–H groups in total. The third-order valence-corrected chi connectivity index (χ3v) is 8.86. The van der Waals surface area contributed by atoms with E-state index in [-0.39, 0.29) is 16.7 Å². The number of sulfonamides is 1. The molecule has 1 aliphatic carbocycles. The van der Waals surface area contributed by atoms with E-state index in [1.165, 1.54) is 54.3 Å². The second-order valence-corrected chi connectivity index (χ2v) is 10.5. The SMILES string of the molecule is N#Cc1ccc(S(=O)(=O)N2CCC(C(=O)N3CCCC4CCCCC43)CC2)cc1. The van der Waals surface area contributed by atoms with E-state index in [2.05, 4.69) is 4.90 Å². The third kappa shape index (κ3) is 4.06. The summed E-state index contributed by atoms with van der Waals surface area (Å²) in [5.74, 6) is 0.846. The number of likely N-dealkylation sites (tertiary alicyclic amines) is 1. The van der Waals surface area contributed by atoms with Crippen molar-refractivity contribution >= 4 is 15.9 Å². The van der Waals surface area contributed by atoms with Crippen molar-refractivity contribution in [3.63, 3.8) is 0 Å². The molecule has 2 saturated heterocycles. The Hall–Kier alpha value is -1.91. The summed E-state index contributed by atoms with van der Waals surface area (Å²) in [4.78, 5) is 15.6. The number of hydrogen-bond donors (Lipinski definition) is 0. The second-order valence-electron chi connectivity index (χ2n) is 8.60. The molecule has 1 amide bonds. The first-order valence-corrected chi connectivity index (χ1v) is 12.3. The molecule has 156 valence electrons. The Morgan fingerprint density at radius 1 is 0.931 bits per heavy atom. The van der Waals surface area contributed by atoms with Crippen LogP contribution < -0.4 is 0 Å². The van der Waals surface area contributed by atoms with Crippen molar-refractivity contribution in [2.45, 2.75) is 62.3 Å². The zero-order chi connectivity index (χ0) is 20.4. The summed E-state index contributed by atoms with van der Waals surface area (Å²) in [6.07, 6.45) is 8.39. The molecule has 2 aliphatic heterocycles. The summed E-state index contributed by atoms with van der Waals surface area (Å²) in [7, 11) is -3.58. The predicted octanol–water partition coefficient (Wildman–Crippen LogP) is 3.14. The van der Waals surface area contributed by atoms with Gasteiger partial charge in [-0.3, -0.25) is 4.79 Å². The lowest BCUT2D eigenvalue weighted by Gasteiger charge is -2.46. The minimum Gasteiger partial charge on any atom is -0.339 e. The Bertz CT molecular complexity index is 881. The van der Waals surface area contributed by atoms with Crippen LogP contribution in [0.15, 0.2) is 29.2 Å². The Kier molecular flexibility index (Phi) is 5.93. The summed E-state index contributed by atoms with van der Waals surface area (Å²) in [5, 5.41) is 8.90. The molecule has 3 aliphatic rings. The van der Waals surface area contributed by atoms with Gasteiger partial charge in [-0.15, -0.1) is 0 Å². The Labute approximate surface area is 173 Å². The van der Waals surface area contributed by atoms with Gasteiger partial charge in [0.15, 0.2) is 0 Å². The van der Waals surface area contributed by atoms with Crippen LogP contribution in [0.5, 0.6) is 0 Å². The number of nitrogens with zero attached hydrogens (tertiary/aromatic N) is 3. The van der Waals surface area contributed by atoms with E-state index in [0.29, 0.717) is 43.5 Å². The third-order valence-electron chi connectivity index (χ3n) is 6.95. The average molecular weight is 416 g/mol. The van der Waals surface area contributed by atoms with E-state index in [1.54, 1.807) is 0 Å². The minimum absolute atomic E-state index is 0.0666. The number of piperidine rings is 2. The van der Waals surface area contributed by atoms with E-state index < -0.39 is 10.0 Å². The molecule has 4 rings (SSSR count). The van der Waals surface area contributed by atoms with Crippen LogP contribution in [0.25, 0.3) is 0 Å². The molecule has 2 heterocycles. The van der Waals surface area contributed by atoms with Crippen molar-refractivity contribution in [1.82, 2.24) is 9.21 Å². The topological polar surface area (TPSA) is 81.5 Å². The van der Waals surface area contributed by atoms with Crippen molar-refractivity contribution in [2.24, 2.45) is 11.8 Å². The number of benzene rings is 1. The summed E-state index contributed by atoms with van der Waals surface area (Å²) in [5.41, 5.74) is 0.441. The van der Waals surface area contributed by atoms with Crippen molar-refractivity contribution in [3.8, 4) is 6.07 Å². The number of carbonyl (C=O) groups is 1. The molecule has 29 heavy (non-hydrogen) atoms. The molecular formula is C22H29N3O3S. The van der Waals surface area contributed by atoms with Crippen LogP contribution >= 0.6 is 0 Å². The van der Waals surface area contributed by atoms with E-state index in [4.69, 9.17) is 5.26 Å². The first-order chi connectivity index (χ1) is 14.0. The molecule has 1 aromatic carbocycles. The van der Waals surface area contributed by atoms with Gasteiger partial charge in [0.05, 0.1) is 16.5 Å². The van der Waals surface area contributed by atoms with E-state index in [1.807, 2.05) is 6.07 Å². The second kappa shape index (κ2) is 8.45. The van der Waals surface area contributed by atoms with Gasteiger partial charge in [0.2, 0.25) is 15.9 Å². The van der Waals surface area contributed by atoms with Gasteiger partial charge in [0, 0.05) is 31.6 Å². The predicted molar refractivity (Wildman–Crippen MR) is 109 cm³/mol. The van der Waals surface area contributed by atoms with Crippen LogP contribution in [-0.4, -0.2) is 49.2 Å². The number of fused-ring (bicyclic) bond motifs is 1. The fraction of sp³-hybridized carbons (Fsp3) is 0.636. The van der Waals surface area contributed by atoms with E-state index >= 15 is 0 Å². The fourth-order valence-electron chi connectivity index (χ4n) is 5.33. The number of rotatable bonds is 3. The number of nitriles is 1. The molecule has 1 aromatic rings. The standard InChI is InChI=1S/C22H29N3O3S/c23-16-17-7-9-20(10-8-17)29(27,28)24-14-11-19(12-15-24)22(26)25-13-3-5-18-4-1-2-6-21(18)25/h7-10,18-19,21H,1-6,11-15H2. The van der Waals surface area contributed by atoms with Gasteiger partial charge in [-0.2, -0.15) is 9.57 Å². The van der Waals surface area contributed by atoms with Crippen molar-refractivity contribution < 1.29 is 13.2 Å². The van der Waals surface area contributed by atoms with Crippen LogP contribution in [0.3, 0.4) is 0 Å². The van der Waals surface area contributed by atoms with Gasteiger partial charge < -0.3 is 4.90 Å². The van der Waals surface area contributed by atoms with Crippen molar-refractivity contribution in [2.75, 3.05) is 19.6 Å². The highest BCUT2D eigenvalue weighted by Crippen LogP contribution is 2.37. The molecule has 0 bridgehead atoms. The highest BCUT2D eigenvalue weighted by molar-refractivity contribution is 7.89. The van der Waals surface area contributed by atoms with Crippen LogP contribution in [-0.2, 0) is 14.8 Å². The summed E-state index contributed by atoms with van der Waals surface area (Å²) < 4.78 is 27.3. The number of amides is 1. The first-order valence-electron chi connectivity index (χ1n) is 10.8. The first kappa shape index (κ1) is 20.4. The monoisotopic (exact) mass is 415 g/mol. The Balaban J connectivity index is 1.39. The molecule has 1 saturated carbocycles. The van der Waals surface area contributed by atoms with Gasteiger partial charge in [0.1, 0.15) is 0 Å². The molecule has 6 nitrogen and oxygen atoms in total. The van der Waals surface area contributed by atoms with Crippen LogP contribution in [0.4, 0.5) is 0 Å². The lowest BCUT2D eigenvalue weighted by molar-refractivity contribution is -0.143. The quantitative estimate of drug-likeness (QED) is 0.759. The van der Waals surface area contributed by atoms with Gasteiger partial charge >= 0.3 is 0 Å². The zero-order valence-corrected chi connectivity index (χ0v) is 17.6. The van der Waals surface area contributed by atoms with E-state index in [9.17, 15) is 13.2 Å². The molecule has 2 unspecified atom stereocenters. The summed E-state index contributed by atoms with van der Waals surface area (Å²) in [6.45, 7) is 1.62. The molecule has 0 aromatic heterocycles. The maximum absolute atomic E-state index is 13.2. The van der Waals surface area contributed by atoms with Crippen molar-refractivity contribution in [3.05, 3.63) is 29.8 Å². The largest absolute Gasteiger partial charge is 0.339 e. The normalized spacial score (nSPS) is 26.5. The Morgan fingerprint density at radius 2 is 1.59 bits per heavy atom. The van der Waals surface area contributed by atoms with Crippen LogP contribution in [0, 0.1) is 23.2 Å². The van der Waals surface area contributed by atoms with Gasteiger partial charge in [0.25, 0.3) is 0 Å². The van der Waals surface area contributed by atoms with Crippen molar-refractivity contribution in [1.29, 1.82) is 5.26 Å². The van der Waals surface area contributed by atoms with Crippen LogP contribution in [0.2, 0.25) is 0 Å². The molecular weight excluding hydrogens is 386 g/mol. The molecule has 3 fully saturated rings. The maximum Gasteiger partial charge on any atom is 0.243 e. The molecule has 0 radical (unpaired) electrons. The Morgan fingerprint density at radius 3 is 2.28 bits per heavy atom. The lowest BCUT2D eigenvalue weighted by atomic mass is 9.77. The van der Waals surface area contributed by atoms with Gasteiger partial charge in [-0.1, -0.05) is 12.8 Å². The van der Waals surface area contributed by atoms with E-state index in [0.717, 1.165) is 19.4 Å². The highest BCUT2D eigenvalue weighted by Gasteiger charge is 2.39. The number of hydrogen-bond acceptors (Lipinski definition) is 4. The van der Waals surface area contributed by atoms with Gasteiger partial charge in [-0.25, -0.2) is 8.42 Å². The summed E-state index contributed by atoms with van der Waals surface area (Å²) >= 11 is 0. The molecule has 2 atom stereocenters. The average Bonchev–Trinajstić information content (AvgIpc) is 2.78. The molecule has 7 heteroatoms. The number of carbonyl (C=O) groups excluding carboxylic acids is 1. The lowest BCUT2D eigenvalue weighted by Crippen LogP contribution is -2.53.